The fourth-order valence-corrected chi connectivity index (χ4v) is 4.92. The number of hydrogen-bond donors (Lipinski definition) is 1. The standard InChI is InChI=1S/C29H28ClN3O3/c1-18(2)36-27-15-24-21(13-26(27)35-3)14-28(34)33(29(24)19-8-10-22(30)11-9-19)25-7-5-4-6-20(25)12-23-16-31-17-32-23/h4-11,13,15-18,29H,12,14H2,1-3H3,(H,31,32)/t29-/m0/s1. The number of halogens is 1. The van der Waals surface area contributed by atoms with Gasteiger partial charge in [-0.2, -0.15) is 0 Å². The number of carbonyl (C=O) groups is 1. The number of H-pyrrole nitrogens is 1. The quantitative estimate of drug-likeness (QED) is 0.331. The molecule has 2 heterocycles. The van der Waals surface area contributed by atoms with Crippen LogP contribution in [-0.2, 0) is 17.6 Å². The molecule has 4 aromatic rings. The number of ether oxygens (including phenoxy) is 2. The van der Waals surface area contributed by atoms with E-state index < -0.39 is 0 Å². The molecule has 3 aromatic carbocycles. The van der Waals surface area contributed by atoms with Crippen LogP contribution in [0.2, 0.25) is 5.02 Å². The largest absolute Gasteiger partial charge is 0.493 e. The predicted molar refractivity (Wildman–Crippen MR) is 141 cm³/mol. The molecule has 0 unspecified atom stereocenters. The summed E-state index contributed by atoms with van der Waals surface area (Å²) in [6.45, 7) is 3.97. The molecule has 0 saturated carbocycles. The van der Waals surface area contributed by atoms with Crippen LogP contribution in [0.3, 0.4) is 0 Å². The first-order valence-corrected chi connectivity index (χ1v) is 12.3. The van der Waals surface area contributed by atoms with E-state index in [1.165, 1.54) is 0 Å². The number of imidazole rings is 1. The summed E-state index contributed by atoms with van der Waals surface area (Å²) in [5.41, 5.74) is 5.77. The normalized spacial score (nSPS) is 15.2. The topological polar surface area (TPSA) is 67.5 Å². The second kappa shape index (κ2) is 10.1. The zero-order valence-corrected chi connectivity index (χ0v) is 21.3. The Hall–Kier alpha value is -3.77. The van der Waals surface area contributed by atoms with Crippen LogP contribution in [0.5, 0.6) is 11.5 Å². The SMILES string of the molecule is COc1cc2c(cc1OC(C)C)[C@H](c1ccc(Cl)cc1)N(c1ccccc1Cc1cnc[nH]1)C(=O)C2. The maximum absolute atomic E-state index is 13.8. The molecule has 0 bridgehead atoms. The lowest BCUT2D eigenvalue weighted by Gasteiger charge is -2.39. The minimum Gasteiger partial charge on any atom is -0.493 e. The van der Waals surface area contributed by atoms with Crippen molar-refractivity contribution in [2.24, 2.45) is 0 Å². The van der Waals surface area contributed by atoms with Crippen LogP contribution in [0.15, 0.2) is 73.2 Å². The van der Waals surface area contributed by atoms with Gasteiger partial charge in [0.2, 0.25) is 5.91 Å². The first-order chi connectivity index (χ1) is 17.4. The number of aromatic amines is 1. The minimum absolute atomic E-state index is 0.0130. The number of rotatable bonds is 7. The third-order valence-corrected chi connectivity index (χ3v) is 6.58. The fraction of sp³-hybridized carbons (Fsp3) is 0.241. The summed E-state index contributed by atoms with van der Waals surface area (Å²) in [6, 6.07) is 19.3. The van der Waals surface area contributed by atoms with Crippen molar-refractivity contribution in [3.8, 4) is 11.5 Å². The Bertz CT molecular complexity index is 1370. The zero-order chi connectivity index (χ0) is 25.2. The molecule has 1 atom stereocenters. The van der Waals surface area contributed by atoms with Crippen molar-refractivity contribution in [3.05, 3.63) is 106 Å². The highest BCUT2D eigenvalue weighted by Gasteiger charge is 2.37. The van der Waals surface area contributed by atoms with Gasteiger partial charge >= 0.3 is 0 Å². The average Bonchev–Trinajstić information content (AvgIpc) is 3.37. The van der Waals surface area contributed by atoms with Crippen molar-refractivity contribution in [1.29, 1.82) is 0 Å². The molecule has 1 N–H and O–H groups in total. The second-order valence-corrected chi connectivity index (χ2v) is 9.58. The molecule has 1 aliphatic rings. The van der Waals surface area contributed by atoms with Gasteiger partial charge in [0.05, 0.1) is 32.0 Å². The van der Waals surface area contributed by atoms with Gasteiger partial charge in [-0.25, -0.2) is 4.98 Å². The van der Waals surface area contributed by atoms with Crippen molar-refractivity contribution >= 4 is 23.2 Å². The van der Waals surface area contributed by atoms with Gasteiger partial charge in [0.1, 0.15) is 0 Å². The van der Waals surface area contributed by atoms with Crippen LogP contribution >= 0.6 is 11.6 Å². The van der Waals surface area contributed by atoms with Crippen molar-refractivity contribution in [3.63, 3.8) is 0 Å². The minimum atomic E-state index is -0.359. The third kappa shape index (κ3) is 4.69. The van der Waals surface area contributed by atoms with E-state index in [9.17, 15) is 4.79 Å². The van der Waals surface area contributed by atoms with Gasteiger partial charge in [0, 0.05) is 29.0 Å². The molecule has 1 amide bonds. The van der Waals surface area contributed by atoms with E-state index in [2.05, 4.69) is 16.0 Å². The van der Waals surface area contributed by atoms with Crippen molar-refractivity contribution < 1.29 is 14.3 Å². The van der Waals surface area contributed by atoms with Crippen molar-refractivity contribution in [2.45, 2.75) is 38.8 Å². The highest BCUT2D eigenvalue weighted by Crippen LogP contribution is 2.44. The Morgan fingerprint density at radius 2 is 1.89 bits per heavy atom. The number of nitrogens with one attached hydrogen (secondary N) is 1. The summed E-state index contributed by atoms with van der Waals surface area (Å²) in [6.07, 6.45) is 4.34. The Morgan fingerprint density at radius 3 is 2.58 bits per heavy atom. The van der Waals surface area contributed by atoms with Crippen LogP contribution < -0.4 is 14.4 Å². The lowest BCUT2D eigenvalue weighted by molar-refractivity contribution is -0.118. The number of para-hydroxylation sites is 1. The molecule has 0 aliphatic carbocycles. The van der Waals surface area contributed by atoms with Gasteiger partial charge in [-0.15, -0.1) is 0 Å². The maximum Gasteiger partial charge on any atom is 0.232 e. The monoisotopic (exact) mass is 501 g/mol. The lowest BCUT2D eigenvalue weighted by Crippen LogP contribution is -2.41. The van der Waals surface area contributed by atoms with E-state index in [4.69, 9.17) is 21.1 Å². The highest BCUT2D eigenvalue weighted by molar-refractivity contribution is 6.30. The van der Waals surface area contributed by atoms with Gasteiger partial charge in [0.25, 0.3) is 0 Å². The summed E-state index contributed by atoms with van der Waals surface area (Å²) >= 11 is 6.23. The van der Waals surface area contributed by atoms with Crippen LogP contribution in [0.4, 0.5) is 5.69 Å². The number of amides is 1. The molecule has 36 heavy (non-hydrogen) atoms. The summed E-state index contributed by atoms with van der Waals surface area (Å²) in [4.78, 5) is 23.1. The number of benzene rings is 3. The molecular formula is C29H28ClN3O3. The fourth-order valence-electron chi connectivity index (χ4n) is 4.79. The smallest absolute Gasteiger partial charge is 0.232 e. The summed E-state index contributed by atoms with van der Waals surface area (Å²) in [5, 5.41) is 0.644. The molecule has 1 aliphatic heterocycles. The van der Waals surface area contributed by atoms with Crippen LogP contribution in [-0.4, -0.2) is 29.1 Å². The molecule has 1 aromatic heterocycles. The van der Waals surface area contributed by atoms with Crippen LogP contribution in [0.1, 0.15) is 47.8 Å². The van der Waals surface area contributed by atoms with Gasteiger partial charge in [-0.3, -0.25) is 4.79 Å². The molecule has 0 fully saturated rings. The van der Waals surface area contributed by atoms with E-state index in [0.29, 0.717) is 22.9 Å². The number of hydrogen-bond acceptors (Lipinski definition) is 4. The number of aromatic nitrogens is 2. The number of fused-ring (bicyclic) bond motifs is 1. The van der Waals surface area contributed by atoms with E-state index >= 15 is 0 Å². The Labute approximate surface area is 215 Å². The first kappa shape index (κ1) is 23.9. The van der Waals surface area contributed by atoms with E-state index in [1.54, 1.807) is 13.4 Å². The zero-order valence-electron chi connectivity index (χ0n) is 20.5. The van der Waals surface area contributed by atoms with E-state index in [0.717, 1.165) is 33.6 Å². The summed E-state index contributed by atoms with van der Waals surface area (Å²) in [7, 11) is 1.62. The van der Waals surface area contributed by atoms with E-state index in [1.807, 2.05) is 79.5 Å². The molecular weight excluding hydrogens is 474 g/mol. The lowest BCUT2D eigenvalue weighted by atomic mass is 9.86. The van der Waals surface area contributed by atoms with Crippen LogP contribution in [0.25, 0.3) is 0 Å². The molecule has 184 valence electrons. The first-order valence-electron chi connectivity index (χ1n) is 11.9. The van der Waals surface area contributed by atoms with Crippen molar-refractivity contribution in [1.82, 2.24) is 9.97 Å². The Morgan fingerprint density at radius 1 is 1.11 bits per heavy atom. The van der Waals surface area contributed by atoms with Gasteiger partial charge in [-0.1, -0.05) is 41.9 Å². The summed E-state index contributed by atoms with van der Waals surface area (Å²) in [5.74, 6) is 1.29. The Kier molecular flexibility index (Phi) is 6.70. The second-order valence-electron chi connectivity index (χ2n) is 9.15. The third-order valence-electron chi connectivity index (χ3n) is 6.32. The predicted octanol–water partition coefficient (Wildman–Crippen LogP) is 6.13. The molecule has 6 nitrogen and oxygen atoms in total. The van der Waals surface area contributed by atoms with Gasteiger partial charge < -0.3 is 19.4 Å². The average molecular weight is 502 g/mol. The number of methoxy groups -OCH3 is 1. The number of carbonyl (C=O) groups excluding carboxylic acids is 1. The van der Waals surface area contributed by atoms with Gasteiger partial charge in [0.15, 0.2) is 11.5 Å². The summed E-state index contributed by atoms with van der Waals surface area (Å²) < 4.78 is 11.7. The van der Waals surface area contributed by atoms with Crippen molar-refractivity contribution in [2.75, 3.05) is 12.0 Å². The highest BCUT2D eigenvalue weighted by atomic mass is 35.5. The number of anilines is 1. The Balaban J connectivity index is 1.69. The maximum atomic E-state index is 13.8. The molecule has 0 spiro atoms. The molecule has 5 rings (SSSR count). The number of nitrogens with zero attached hydrogens (tertiary/aromatic N) is 2. The molecule has 7 heteroatoms. The van der Waals surface area contributed by atoms with E-state index in [-0.39, 0.29) is 24.5 Å². The van der Waals surface area contributed by atoms with Gasteiger partial charge in [-0.05, 0) is 66.4 Å². The molecule has 0 radical (unpaired) electrons. The van der Waals surface area contributed by atoms with Crippen LogP contribution in [0, 0.1) is 0 Å². The molecule has 0 saturated heterocycles.